The van der Waals surface area contributed by atoms with Gasteiger partial charge in [0.25, 0.3) is 0 Å². The third-order valence-electron chi connectivity index (χ3n) is 3.72. The molecule has 2 heterocycles. The summed E-state index contributed by atoms with van der Waals surface area (Å²) in [5.74, 6) is 0. The smallest absolute Gasteiger partial charge is 0.152 e. The first kappa shape index (κ1) is 11.1. The number of aromatic nitrogens is 2. The van der Waals surface area contributed by atoms with Gasteiger partial charge < -0.3 is 9.97 Å². The highest BCUT2D eigenvalue weighted by Crippen LogP contribution is 2.33. The molecule has 4 rings (SSSR count). The van der Waals surface area contributed by atoms with Gasteiger partial charge in [-0.15, -0.1) is 0 Å². The quantitative estimate of drug-likeness (QED) is 0.523. The van der Waals surface area contributed by atoms with Gasteiger partial charge in [-0.2, -0.15) is 0 Å². The predicted octanol–water partition coefficient (Wildman–Crippen LogP) is 4.13. The van der Waals surface area contributed by atoms with Crippen LogP contribution in [0.2, 0.25) is 0 Å². The van der Waals surface area contributed by atoms with Crippen molar-refractivity contribution in [1.82, 2.24) is 9.97 Å². The maximum absolute atomic E-state index is 11.5. The normalized spacial score (nSPS) is 11.2. The van der Waals surface area contributed by atoms with Crippen molar-refractivity contribution in [3.05, 3.63) is 60.3 Å². The molecule has 4 aromatic rings. The standard InChI is InChI=1S/C17H12N2O/c20-10-14-12-6-2-4-8-16(12)19-17(14)13-9-18-15-7-3-1-5-11(13)15/h1-10,18-19H. The van der Waals surface area contributed by atoms with E-state index in [4.69, 9.17) is 0 Å². The zero-order chi connectivity index (χ0) is 13.5. The van der Waals surface area contributed by atoms with Crippen molar-refractivity contribution in [3.63, 3.8) is 0 Å². The van der Waals surface area contributed by atoms with Gasteiger partial charge in [-0.1, -0.05) is 36.4 Å². The van der Waals surface area contributed by atoms with E-state index in [9.17, 15) is 4.79 Å². The number of benzene rings is 2. The molecule has 3 heteroatoms. The Kier molecular flexibility index (Phi) is 2.27. The summed E-state index contributed by atoms with van der Waals surface area (Å²) in [4.78, 5) is 18.1. The van der Waals surface area contributed by atoms with Gasteiger partial charge in [-0.3, -0.25) is 4.79 Å². The predicted molar refractivity (Wildman–Crippen MR) is 81.0 cm³/mol. The number of H-pyrrole nitrogens is 2. The second kappa shape index (κ2) is 4.10. The monoisotopic (exact) mass is 260 g/mol. The molecule has 0 unspecified atom stereocenters. The molecular weight excluding hydrogens is 248 g/mol. The van der Waals surface area contributed by atoms with Gasteiger partial charge in [-0.05, 0) is 12.1 Å². The van der Waals surface area contributed by atoms with Crippen LogP contribution in [0.1, 0.15) is 10.4 Å². The van der Waals surface area contributed by atoms with E-state index in [1.165, 1.54) is 0 Å². The van der Waals surface area contributed by atoms with E-state index < -0.39 is 0 Å². The molecule has 0 saturated carbocycles. The second-order valence-corrected chi connectivity index (χ2v) is 4.83. The van der Waals surface area contributed by atoms with Crippen LogP contribution in [0.25, 0.3) is 33.1 Å². The number of hydrogen-bond donors (Lipinski definition) is 2. The lowest BCUT2D eigenvalue weighted by Crippen LogP contribution is -1.83. The number of hydrogen-bond acceptors (Lipinski definition) is 1. The van der Waals surface area contributed by atoms with Crippen LogP contribution in [-0.2, 0) is 0 Å². The number of rotatable bonds is 2. The van der Waals surface area contributed by atoms with E-state index >= 15 is 0 Å². The van der Waals surface area contributed by atoms with Crippen LogP contribution in [0.15, 0.2) is 54.7 Å². The first-order valence-corrected chi connectivity index (χ1v) is 6.51. The van der Waals surface area contributed by atoms with Gasteiger partial charge in [0.2, 0.25) is 0 Å². The minimum atomic E-state index is 0.713. The minimum absolute atomic E-state index is 0.713. The number of para-hydroxylation sites is 2. The third kappa shape index (κ3) is 1.43. The van der Waals surface area contributed by atoms with Crippen LogP contribution in [0, 0.1) is 0 Å². The van der Waals surface area contributed by atoms with Crippen molar-refractivity contribution in [2.24, 2.45) is 0 Å². The van der Waals surface area contributed by atoms with Crippen LogP contribution < -0.4 is 0 Å². The zero-order valence-electron chi connectivity index (χ0n) is 10.7. The summed E-state index contributed by atoms with van der Waals surface area (Å²) in [7, 11) is 0. The van der Waals surface area contributed by atoms with E-state index in [0.29, 0.717) is 5.56 Å². The Morgan fingerprint density at radius 3 is 2.35 bits per heavy atom. The Morgan fingerprint density at radius 1 is 0.850 bits per heavy atom. The summed E-state index contributed by atoms with van der Waals surface area (Å²) >= 11 is 0. The molecule has 0 aliphatic rings. The van der Waals surface area contributed by atoms with Crippen LogP contribution in [0.5, 0.6) is 0 Å². The molecule has 0 amide bonds. The minimum Gasteiger partial charge on any atom is -0.360 e. The molecular formula is C17H12N2O. The van der Waals surface area contributed by atoms with Crippen molar-refractivity contribution in [2.75, 3.05) is 0 Å². The Labute approximate surface area is 115 Å². The SMILES string of the molecule is O=Cc1c(-c2c[nH]c3ccccc23)[nH]c2ccccc12. The fourth-order valence-electron chi connectivity index (χ4n) is 2.78. The lowest BCUT2D eigenvalue weighted by molar-refractivity contribution is 0.112. The molecule has 0 bridgehead atoms. The molecule has 20 heavy (non-hydrogen) atoms. The van der Waals surface area contributed by atoms with Crippen molar-refractivity contribution >= 4 is 28.1 Å². The zero-order valence-corrected chi connectivity index (χ0v) is 10.7. The molecule has 0 radical (unpaired) electrons. The number of aldehydes is 1. The molecule has 2 N–H and O–H groups in total. The second-order valence-electron chi connectivity index (χ2n) is 4.83. The number of nitrogens with one attached hydrogen (secondary N) is 2. The van der Waals surface area contributed by atoms with Crippen LogP contribution >= 0.6 is 0 Å². The van der Waals surface area contributed by atoms with Crippen LogP contribution in [0.3, 0.4) is 0 Å². The number of carbonyl (C=O) groups is 1. The number of aromatic amines is 2. The summed E-state index contributed by atoms with van der Waals surface area (Å²) in [6.07, 6.45) is 2.87. The highest BCUT2D eigenvalue weighted by molar-refractivity contribution is 6.08. The highest BCUT2D eigenvalue weighted by atomic mass is 16.1. The van der Waals surface area contributed by atoms with E-state index in [2.05, 4.69) is 16.0 Å². The largest absolute Gasteiger partial charge is 0.360 e. The summed E-state index contributed by atoms with van der Waals surface area (Å²) in [5, 5.41) is 2.07. The Balaban J connectivity index is 2.09. The maximum atomic E-state index is 11.5. The highest BCUT2D eigenvalue weighted by Gasteiger charge is 2.15. The molecule has 0 aliphatic heterocycles. The third-order valence-corrected chi connectivity index (χ3v) is 3.72. The van der Waals surface area contributed by atoms with Gasteiger partial charge in [0.15, 0.2) is 6.29 Å². The van der Waals surface area contributed by atoms with E-state index in [0.717, 1.165) is 39.3 Å². The van der Waals surface area contributed by atoms with Gasteiger partial charge >= 0.3 is 0 Å². The van der Waals surface area contributed by atoms with Crippen molar-refractivity contribution in [1.29, 1.82) is 0 Å². The first-order chi connectivity index (χ1) is 9.88. The molecule has 96 valence electrons. The summed E-state index contributed by atoms with van der Waals surface area (Å²) in [6.45, 7) is 0. The van der Waals surface area contributed by atoms with Crippen molar-refractivity contribution < 1.29 is 4.79 Å². The lowest BCUT2D eigenvalue weighted by atomic mass is 10.1. The molecule has 2 aromatic carbocycles. The average Bonchev–Trinajstić information content (AvgIpc) is 3.07. The maximum Gasteiger partial charge on any atom is 0.152 e. The molecule has 0 fully saturated rings. The molecule has 0 spiro atoms. The lowest BCUT2D eigenvalue weighted by Gasteiger charge is -1.97. The topological polar surface area (TPSA) is 48.6 Å². The molecule has 0 aliphatic carbocycles. The Hall–Kier alpha value is -2.81. The molecule has 0 atom stereocenters. The summed E-state index contributed by atoms with van der Waals surface area (Å²) in [5.41, 5.74) is 4.66. The van der Waals surface area contributed by atoms with Crippen molar-refractivity contribution in [3.8, 4) is 11.3 Å². The first-order valence-electron chi connectivity index (χ1n) is 6.51. The Morgan fingerprint density at radius 2 is 1.55 bits per heavy atom. The van der Waals surface area contributed by atoms with E-state index in [1.807, 2.05) is 48.7 Å². The number of carbonyl (C=O) groups excluding carboxylic acids is 1. The van der Waals surface area contributed by atoms with E-state index in [-0.39, 0.29) is 0 Å². The summed E-state index contributed by atoms with van der Waals surface area (Å²) in [6, 6.07) is 15.9. The van der Waals surface area contributed by atoms with Gasteiger partial charge in [0, 0.05) is 39.1 Å². The van der Waals surface area contributed by atoms with E-state index in [1.54, 1.807) is 0 Å². The molecule has 2 aromatic heterocycles. The van der Waals surface area contributed by atoms with Crippen LogP contribution in [-0.4, -0.2) is 16.3 Å². The average molecular weight is 260 g/mol. The Bertz CT molecular complexity index is 930. The van der Waals surface area contributed by atoms with Crippen molar-refractivity contribution in [2.45, 2.75) is 0 Å². The number of fused-ring (bicyclic) bond motifs is 2. The fourth-order valence-corrected chi connectivity index (χ4v) is 2.78. The molecule has 3 nitrogen and oxygen atoms in total. The van der Waals surface area contributed by atoms with Gasteiger partial charge in [0.05, 0.1) is 5.69 Å². The van der Waals surface area contributed by atoms with Crippen LogP contribution in [0.4, 0.5) is 0 Å². The van der Waals surface area contributed by atoms with Gasteiger partial charge in [0.1, 0.15) is 0 Å². The fraction of sp³-hybridized carbons (Fsp3) is 0. The summed E-state index contributed by atoms with van der Waals surface area (Å²) < 4.78 is 0. The van der Waals surface area contributed by atoms with Gasteiger partial charge in [-0.25, -0.2) is 0 Å². The molecule has 0 saturated heterocycles.